The van der Waals surface area contributed by atoms with Gasteiger partial charge >= 0.3 is 67.3 Å². The molecule has 74 heavy (non-hydrogen) atoms. The van der Waals surface area contributed by atoms with E-state index in [1.807, 2.05) is 0 Å². The van der Waals surface area contributed by atoms with E-state index in [1.165, 1.54) is 0 Å². The number of hydrogen-bond donors (Lipinski definition) is 0. The molecule has 0 saturated carbocycles. The van der Waals surface area contributed by atoms with E-state index in [1.54, 1.807) is 223 Å². The number of ether oxygens (including phenoxy) is 8. The van der Waals surface area contributed by atoms with Crippen LogP contribution in [0.15, 0.2) is 48.1 Å². The number of rotatable bonds is 8. The van der Waals surface area contributed by atoms with Crippen LogP contribution in [0.4, 0.5) is 0 Å². The van der Waals surface area contributed by atoms with E-state index >= 15 is 0 Å². The van der Waals surface area contributed by atoms with Crippen molar-refractivity contribution in [3.05, 3.63) is 69.4 Å². The molecule has 0 saturated heterocycles. The summed E-state index contributed by atoms with van der Waals surface area (Å²) < 4.78 is 39.4. The predicted molar refractivity (Wildman–Crippen MR) is 280 cm³/mol. The van der Waals surface area contributed by atoms with Crippen molar-refractivity contribution >= 4 is 23.9 Å². The van der Waals surface area contributed by atoms with E-state index < -0.39 is 92.5 Å². The van der Waals surface area contributed by atoms with Gasteiger partial charge in [0.05, 0.1) is 23.8 Å². The van der Waals surface area contributed by atoms with Crippen LogP contribution in [0.3, 0.4) is 0 Å². The Labute approximate surface area is 479 Å². The molecule has 0 aliphatic heterocycles. The van der Waals surface area contributed by atoms with Crippen molar-refractivity contribution in [2.45, 2.75) is 211 Å². The summed E-state index contributed by atoms with van der Waals surface area (Å²) in [5, 5.41) is 58.7. The predicted octanol–water partition coefficient (Wildman–Crippen LogP) is 7.85. The fourth-order valence-corrected chi connectivity index (χ4v) is 3.03. The molecule has 0 N–H and O–H groups in total. The molecule has 0 heterocycles. The third-order valence-corrected chi connectivity index (χ3v) is 4.20. The maximum atomic E-state index is 11.2. The molecule has 0 aromatic carbocycles. The molecule has 0 aliphatic rings. The number of nitrogens with zero attached hydrogens (tertiary/aromatic N) is 4. The second kappa shape index (κ2) is 45.7. The van der Waals surface area contributed by atoms with E-state index in [9.17, 15) is 39.6 Å². The molecule has 432 valence electrons. The standard InChI is InChI=1S/4C11H20O4.4C2H6N.2Ti/c4*1-10(2,3)14-8(12)7-9(13)15-11(4,5)6;4*1-3-2;;/h4*7,12H,1-6H3;4*1-2H3;;/q;;;;4*-1;2*+4/p-4/b4*8-7+;;;;;;. The van der Waals surface area contributed by atoms with Crippen molar-refractivity contribution in [2.75, 3.05) is 56.4 Å². The summed E-state index contributed by atoms with van der Waals surface area (Å²) in [5.74, 6) is -5.47. The summed E-state index contributed by atoms with van der Waals surface area (Å²) in [6.45, 7) is 41.5. The van der Waals surface area contributed by atoms with Gasteiger partial charge in [-0.1, -0.05) is 83.1 Å². The maximum absolute atomic E-state index is 11.2. The van der Waals surface area contributed by atoms with Crippen LogP contribution < -0.4 is 20.4 Å². The zero-order valence-electron chi connectivity index (χ0n) is 51.6. The molecular weight excluding hydrogens is 1030 g/mol. The van der Waals surface area contributed by atoms with Gasteiger partial charge in [0.15, 0.2) is 0 Å². The molecule has 0 spiro atoms. The maximum Gasteiger partial charge on any atom is 4.00 e. The quantitative estimate of drug-likeness (QED) is 0.0734. The van der Waals surface area contributed by atoms with Crippen LogP contribution in [0.5, 0.6) is 0 Å². The molecule has 0 aromatic rings. The molecule has 0 aliphatic carbocycles. The first kappa shape index (κ1) is 93.0. The van der Waals surface area contributed by atoms with Gasteiger partial charge < -0.3 is 79.6 Å². The van der Waals surface area contributed by atoms with Gasteiger partial charge in [-0.15, -0.1) is 0 Å². The van der Waals surface area contributed by atoms with Gasteiger partial charge in [-0.05, 0) is 83.1 Å². The molecule has 0 atom stereocenters. The minimum atomic E-state index is -0.684. The molecule has 0 amide bonds. The number of hydrogen-bond acceptors (Lipinski definition) is 16. The van der Waals surface area contributed by atoms with Crippen LogP contribution >= 0.6 is 0 Å². The summed E-state index contributed by atoms with van der Waals surface area (Å²) in [6, 6.07) is 0. The summed E-state index contributed by atoms with van der Waals surface area (Å²) >= 11 is 0. The van der Waals surface area contributed by atoms with Gasteiger partial charge in [0, 0.05) is 46.7 Å². The molecule has 0 rings (SSSR count). The minimum Gasteiger partial charge on any atom is -0.668 e. The van der Waals surface area contributed by atoms with Gasteiger partial charge in [-0.3, -0.25) is 0 Å². The number of carbonyl (C=O) groups excluding carboxylic acids is 4. The Bertz CT molecular complexity index is 1330. The van der Waals surface area contributed by atoms with E-state index in [0.717, 1.165) is 24.3 Å². The van der Waals surface area contributed by atoms with Crippen molar-refractivity contribution in [2.24, 2.45) is 0 Å². The van der Waals surface area contributed by atoms with Crippen molar-refractivity contribution in [1.82, 2.24) is 0 Å². The monoisotopic (exact) mass is 1130 g/mol. The van der Waals surface area contributed by atoms with E-state index in [4.69, 9.17) is 37.9 Å². The molecule has 0 radical (unpaired) electrons. The zero-order valence-corrected chi connectivity index (χ0v) is 54.8. The third-order valence-electron chi connectivity index (χ3n) is 4.20. The molecule has 0 unspecified atom stereocenters. The van der Waals surface area contributed by atoms with Crippen LogP contribution in [0, 0.1) is 0 Å². The summed E-state index contributed by atoms with van der Waals surface area (Å²) in [4.78, 5) is 44.7. The number of esters is 4. The van der Waals surface area contributed by atoms with Crippen molar-refractivity contribution < 1.29 is 121 Å². The van der Waals surface area contributed by atoms with Gasteiger partial charge in [0.2, 0.25) is 0 Å². The third kappa shape index (κ3) is 113. The van der Waals surface area contributed by atoms with Gasteiger partial charge in [-0.25, -0.2) is 19.2 Å². The number of carbonyl (C=O) groups is 4. The Hall–Kier alpha value is -3.49. The summed E-state index contributed by atoms with van der Waals surface area (Å²) in [6.07, 6.45) is 3.26. The second-order valence-electron chi connectivity index (χ2n) is 22.6. The van der Waals surface area contributed by atoms with Crippen molar-refractivity contribution in [3.63, 3.8) is 0 Å². The van der Waals surface area contributed by atoms with Crippen molar-refractivity contribution in [1.29, 1.82) is 0 Å². The second-order valence-corrected chi connectivity index (χ2v) is 22.6. The van der Waals surface area contributed by atoms with Gasteiger partial charge in [0.25, 0.3) is 0 Å². The Morgan fingerprint density at radius 3 is 0.405 bits per heavy atom. The van der Waals surface area contributed by atoms with Crippen LogP contribution in [-0.4, -0.2) is 125 Å². The van der Waals surface area contributed by atoms with E-state index in [0.29, 0.717) is 0 Å². The molecule has 0 aromatic heterocycles. The largest absolute Gasteiger partial charge is 4.00 e. The minimum absolute atomic E-state index is 0. The first-order chi connectivity index (χ1) is 31.6. The normalized spacial score (nSPS) is 12.0. The molecule has 20 nitrogen and oxygen atoms in total. The first-order valence-corrected chi connectivity index (χ1v) is 22.8. The Balaban J connectivity index is -0.0000000849. The fourth-order valence-electron chi connectivity index (χ4n) is 3.03. The van der Waals surface area contributed by atoms with Crippen LogP contribution in [0.25, 0.3) is 21.3 Å². The Morgan fingerprint density at radius 1 is 0.257 bits per heavy atom. The average Bonchev–Trinajstić information content (AvgIpc) is 2.99. The van der Waals surface area contributed by atoms with Crippen LogP contribution in [0.2, 0.25) is 0 Å². The van der Waals surface area contributed by atoms with Gasteiger partial charge in [0.1, 0.15) is 22.4 Å². The summed E-state index contributed by atoms with van der Waals surface area (Å²) in [5.41, 5.74) is -4.81. The van der Waals surface area contributed by atoms with E-state index in [2.05, 4.69) is 21.3 Å². The Kier molecular flexibility index (Phi) is 57.4. The first-order valence-electron chi connectivity index (χ1n) is 22.8. The molecule has 22 heteroatoms. The SMILES string of the molecule is CC(C)(C)OC(=O)/C=C(\[O-])OC(C)(C)C.CC(C)(C)OC(=O)/C=C(\[O-])OC(C)(C)C.CC(C)(C)OC(=O)/C=C(\[O-])OC(C)(C)C.CC(C)(C)OC(=O)/C=C(\[O-])OC(C)(C)C.C[N-]C.C[N-]C.C[N-]C.C[N-]C.[Ti+4].[Ti+4]. The average molecular weight is 1130 g/mol. The smallest absolute Gasteiger partial charge is 0.668 e. The molecule has 0 bridgehead atoms. The summed E-state index contributed by atoms with van der Waals surface area (Å²) in [7, 11) is 14.0. The zero-order chi connectivity index (χ0) is 59.9. The van der Waals surface area contributed by atoms with E-state index in [-0.39, 0.29) is 43.4 Å². The fraction of sp³-hybridized carbons (Fsp3) is 0.769. The topological polar surface area (TPSA) is 291 Å². The Morgan fingerprint density at radius 2 is 0.338 bits per heavy atom. The molecular formula is C52H100N4O16Ti2. The van der Waals surface area contributed by atoms with Crippen LogP contribution in [0.1, 0.15) is 166 Å². The van der Waals surface area contributed by atoms with Crippen LogP contribution in [-0.2, 0) is 101 Å². The van der Waals surface area contributed by atoms with Gasteiger partial charge in [-0.2, -0.15) is 56.4 Å². The molecule has 0 fully saturated rings. The van der Waals surface area contributed by atoms with Crippen molar-refractivity contribution in [3.8, 4) is 0 Å².